The molecule has 0 saturated heterocycles. The molecule has 0 heterocycles. The van der Waals surface area contributed by atoms with Crippen molar-refractivity contribution < 1.29 is 18.3 Å². The van der Waals surface area contributed by atoms with Gasteiger partial charge in [0.2, 0.25) is 14.5 Å². The van der Waals surface area contributed by atoms with Gasteiger partial charge in [-0.05, 0) is 44.3 Å². The normalized spacial score (nSPS) is 14.5. The van der Waals surface area contributed by atoms with Crippen molar-refractivity contribution in [3.05, 3.63) is 29.8 Å². The summed E-state index contributed by atoms with van der Waals surface area (Å²) in [5.74, 6) is -0.200. The van der Waals surface area contributed by atoms with Gasteiger partial charge in [-0.1, -0.05) is 12.1 Å². The van der Waals surface area contributed by atoms with E-state index in [1.165, 1.54) is 0 Å². The lowest BCUT2D eigenvalue weighted by Gasteiger charge is -2.20. The third-order valence-corrected chi connectivity index (χ3v) is 3.36. The topological polar surface area (TPSA) is 61.5 Å². The molecule has 0 aliphatic carbocycles. The van der Waals surface area contributed by atoms with Gasteiger partial charge < -0.3 is 14.9 Å². The lowest BCUT2D eigenvalue weighted by atomic mass is 10.0. The average molecular weight is 299 g/mol. The molecule has 0 saturated carbocycles. The van der Waals surface area contributed by atoms with E-state index in [1.54, 1.807) is 31.2 Å². The highest BCUT2D eigenvalue weighted by Crippen LogP contribution is 2.22. The Kier molecular flexibility index (Phi) is 5.70. The number of nitrogens with two attached hydrogens (primary N) is 1. The summed E-state index contributed by atoms with van der Waals surface area (Å²) in [6, 6.07) is 5.80. The van der Waals surface area contributed by atoms with Crippen LogP contribution in [0.4, 0.5) is 4.39 Å². The molecule has 2 atom stereocenters. The van der Waals surface area contributed by atoms with Gasteiger partial charge in [-0.15, -0.1) is 0 Å². The largest absolute Gasteiger partial charge is 0.544 e. The predicted molar refractivity (Wildman–Crippen MR) is 78.9 cm³/mol. The van der Waals surface area contributed by atoms with Gasteiger partial charge in [0.25, 0.3) is 0 Å². The summed E-state index contributed by atoms with van der Waals surface area (Å²) < 4.78 is 24.2. The molecule has 0 aliphatic heterocycles. The first-order valence-corrected chi connectivity index (χ1v) is 10.0. The molecule has 2 N–H and O–H groups in total. The quantitative estimate of drug-likeness (QED) is 0.648. The Labute approximate surface area is 120 Å². The van der Waals surface area contributed by atoms with E-state index in [0.29, 0.717) is 5.56 Å². The van der Waals surface area contributed by atoms with E-state index < -0.39 is 26.5 Å². The van der Waals surface area contributed by atoms with Crippen molar-refractivity contribution in [1.29, 1.82) is 0 Å². The van der Waals surface area contributed by atoms with Crippen molar-refractivity contribution in [2.75, 3.05) is 6.61 Å². The van der Waals surface area contributed by atoms with E-state index in [4.69, 9.17) is 10.2 Å². The summed E-state index contributed by atoms with van der Waals surface area (Å²) in [4.78, 5) is 11.3. The fourth-order valence-electron chi connectivity index (χ4n) is 1.65. The van der Waals surface area contributed by atoms with E-state index in [1.807, 2.05) is 0 Å². The zero-order chi connectivity index (χ0) is 15.3. The van der Waals surface area contributed by atoms with Crippen LogP contribution in [0.15, 0.2) is 24.3 Å². The number of hydrogen-bond donors (Lipinski definition) is 1. The predicted octanol–water partition coefficient (Wildman–Crippen LogP) is 2.80. The van der Waals surface area contributed by atoms with Gasteiger partial charge in [0.1, 0.15) is 5.75 Å². The van der Waals surface area contributed by atoms with Crippen molar-refractivity contribution in [2.45, 2.75) is 38.8 Å². The molecule has 0 spiro atoms. The van der Waals surface area contributed by atoms with Crippen LogP contribution in [0.1, 0.15) is 18.5 Å². The second kappa shape index (κ2) is 6.85. The minimum atomic E-state index is -1.86. The maximum atomic E-state index is 13.8. The molecular formula is C14H22FNO3Si. The minimum Gasteiger partial charge on any atom is -0.544 e. The molecule has 0 aromatic heterocycles. The molecule has 0 aliphatic rings. The number of ether oxygens (including phenoxy) is 1. The number of carbonyl (C=O) groups excluding carboxylic acids is 1. The first-order chi connectivity index (χ1) is 9.24. The summed E-state index contributed by atoms with van der Waals surface area (Å²) in [7, 11) is -1.67. The molecule has 0 bridgehead atoms. The second-order valence-electron chi connectivity index (χ2n) is 5.46. The van der Waals surface area contributed by atoms with Crippen LogP contribution in [0, 0.1) is 0 Å². The van der Waals surface area contributed by atoms with Crippen LogP contribution in [0.5, 0.6) is 5.75 Å². The number of halogens is 1. The third-order valence-electron chi connectivity index (χ3n) is 2.52. The van der Waals surface area contributed by atoms with Crippen molar-refractivity contribution in [2.24, 2.45) is 5.73 Å². The van der Waals surface area contributed by atoms with Gasteiger partial charge in [-0.2, -0.15) is 0 Å². The molecular weight excluding hydrogens is 277 g/mol. The Morgan fingerprint density at radius 3 is 2.30 bits per heavy atom. The fraction of sp³-hybridized carbons (Fsp3) is 0.500. The van der Waals surface area contributed by atoms with Crippen molar-refractivity contribution >= 4 is 14.3 Å². The maximum absolute atomic E-state index is 13.8. The van der Waals surface area contributed by atoms with Gasteiger partial charge in [-0.25, -0.2) is 9.18 Å². The third kappa shape index (κ3) is 4.94. The van der Waals surface area contributed by atoms with Crippen LogP contribution in [0.25, 0.3) is 0 Å². The van der Waals surface area contributed by atoms with Crippen LogP contribution in [0.2, 0.25) is 19.6 Å². The second-order valence-corrected chi connectivity index (χ2v) is 9.89. The Morgan fingerprint density at radius 1 is 1.30 bits per heavy atom. The van der Waals surface area contributed by atoms with Gasteiger partial charge in [0, 0.05) is 0 Å². The van der Waals surface area contributed by atoms with E-state index in [-0.39, 0.29) is 6.61 Å². The Morgan fingerprint density at radius 2 is 1.85 bits per heavy atom. The molecule has 0 amide bonds. The molecule has 112 valence electrons. The monoisotopic (exact) mass is 299 g/mol. The van der Waals surface area contributed by atoms with Crippen LogP contribution >= 0.6 is 0 Å². The summed E-state index contributed by atoms with van der Waals surface area (Å²) in [5, 5.41) is 0. The van der Waals surface area contributed by atoms with E-state index in [0.717, 1.165) is 5.75 Å². The first kappa shape index (κ1) is 16.7. The number of hydrogen-bond acceptors (Lipinski definition) is 4. The number of alkyl halides is 1. The van der Waals surface area contributed by atoms with Crippen molar-refractivity contribution in [1.82, 2.24) is 0 Å². The summed E-state index contributed by atoms with van der Waals surface area (Å²) in [5.41, 5.74) is 6.27. The minimum absolute atomic E-state index is 0.134. The molecule has 0 fully saturated rings. The molecule has 1 unspecified atom stereocenters. The van der Waals surface area contributed by atoms with E-state index >= 15 is 0 Å². The molecule has 0 radical (unpaired) electrons. The lowest BCUT2D eigenvalue weighted by molar-refractivity contribution is -0.149. The van der Waals surface area contributed by atoms with Crippen LogP contribution in [-0.4, -0.2) is 27.1 Å². The zero-order valence-electron chi connectivity index (χ0n) is 12.4. The standard InChI is InChI=1S/C14H22FNO3Si/c1-5-18-14(17)12(15)13(16)10-6-8-11(9-7-10)19-20(2,3)4/h6-9,12-13H,5,16H2,1-4H3/t12?,13-/m0/s1. The highest BCUT2D eigenvalue weighted by Gasteiger charge is 2.27. The van der Waals surface area contributed by atoms with E-state index in [2.05, 4.69) is 24.4 Å². The van der Waals surface area contributed by atoms with Crippen LogP contribution < -0.4 is 10.2 Å². The Bertz CT molecular complexity index is 445. The molecule has 6 heteroatoms. The maximum Gasteiger partial charge on any atom is 0.342 e. The van der Waals surface area contributed by atoms with Gasteiger partial charge in [-0.3, -0.25) is 0 Å². The number of rotatable bonds is 6. The van der Waals surface area contributed by atoms with Crippen LogP contribution in [0.3, 0.4) is 0 Å². The average Bonchev–Trinajstić information content (AvgIpc) is 2.36. The summed E-state index contributed by atoms with van der Waals surface area (Å²) in [6.07, 6.45) is -1.86. The summed E-state index contributed by atoms with van der Waals surface area (Å²) >= 11 is 0. The molecule has 20 heavy (non-hydrogen) atoms. The molecule has 4 nitrogen and oxygen atoms in total. The fourth-order valence-corrected chi connectivity index (χ4v) is 2.49. The van der Waals surface area contributed by atoms with Crippen molar-refractivity contribution in [3.63, 3.8) is 0 Å². The molecule has 1 aromatic rings. The lowest BCUT2D eigenvalue weighted by Crippen LogP contribution is -2.31. The SMILES string of the molecule is CCOC(=O)C(F)[C@@H](N)c1ccc(O[Si](C)(C)C)cc1. The highest BCUT2D eigenvalue weighted by atomic mass is 28.4. The number of esters is 1. The number of benzene rings is 1. The number of carbonyl (C=O) groups is 1. The van der Waals surface area contributed by atoms with Gasteiger partial charge in [0.15, 0.2) is 0 Å². The zero-order valence-corrected chi connectivity index (χ0v) is 13.4. The van der Waals surface area contributed by atoms with E-state index in [9.17, 15) is 9.18 Å². The first-order valence-electron chi connectivity index (χ1n) is 6.60. The summed E-state index contributed by atoms with van der Waals surface area (Å²) in [6.45, 7) is 7.98. The Hall–Kier alpha value is -1.40. The Balaban J connectivity index is 2.75. The van der Waals surface area contributed by atoms with Gasteiger partial charge in [0.05, 0.1) is 12.6 Å². The van der Waals surface area contributed by atoms with Gasteiger partial charge >= 0.3 is 5.97 Å². The molecule has 1 aromatic carbocycles. The van der Waals surface area contributed by atoms with Crippen LogP contribution in [-0.2, 0) is 9.53 Å². The highest BCUT2D eigenvalue weighted by molar-refractivity contribution is 6.70. The van der Waals surface area contributed by atoms with Crippen molar-refractivity contribution in [3.8, 4) is 5.75 Å². The molecule has 1 rings (SSSR count). The smallest absolute Gasteiger partial charge is 0.342 e.